The number of rotatable bonds is 2. The molecule has 68 valence electrons. The number of ether oxygens (including phenoxy) is 1. The first-order valence-corrected chi connectivity index (χ1v) is 3.96. The number of hydrogen-bond acceptors (Lipinski definition) is 3. The fourth-order valence-corrected chi connectivity index (χ4v) is 0.795. The van der Waals surface area contributed by atoms with Gasteiger partial charge >= 0.3 is 0 Å². The molecule has 0 saturated carbocycles. The molecule has 1 N–H and O–H groups in total. The third-order valence-electron chi connectivity index (χ3n) is 1.42. The highest BCUT2D eigenvalue weighted by atomic mass is 16.5. The summed E-state index contributed by atoms with van der Waals surface area (Å²) in [4.78, 5) is 3.99. The van der Waals surface area contributed by atoms with Crippen molar-refractivity contribution in [2.75, 3.05) is 13.7 Å². The molecule has 1 aromatic heterocycles. The van der Waals surface area contributed by atoms with Gasteiger partial charge in [0.1, 0.15) is 0 Å². The van der Waals surface area contributed by atoms with E-state index in [1.165, 1.54) is 0 Å². The largest absolute Gasteiger partial charge is 0.481 e. The van der Waals surface area contributed by atoms with Gasteiger partial charge in [-0.3, -0.25) is 0 Å². The molecule has 0 spiro atoms. The van der Waals surface area contributed by atoms with E-state index in [0.29, 0.717) is 12.3 Å². The van der Waals surface area contributed by atoms with E-state index in [-0.39, 0.29) is 6.61 Å². The van der Waals surface area contributed by atoms with Crippen LogP contribution in [0.3, 0.4) is 0 Å². The Morgan fingerprint density at radius 2 is 2.38 bits per heavy atom. The van der Waals surface area contributed by atoms with E-state index in [9.17, 15) is 0 Å². The van der Waals surface area contributed by atoms with Crippen molar-refractivity contribution in [3.63, 3.8) is 0 Å². The molecule has 0 radical (unpaired) electrons. The number of aliphatic hydroxyl groups excluding tert-OH is 1. The Morgan fingerprint density at radius 1 is 1.54 bits per heavy atom. The average molecular weight is 177 g/mol. The summed E-state index contributed by atoms with van der Waals surface area (Å²) in [5.74, 6) is 6.25. The third kappa shape index (κ3) is 3.14. The highest BCUT2D eigenvalue weighted by molar-refractivity contribution is 5.33. The normalized spacial score (nSPS) is 8.77. The van der Waals surface area contributed by atoms with Gasteiger partial charge in [0.2, 0.25) is 5.88 Å². The molecular weight excluding hydrogens is 166 g/mol. The van der Waals surface area contributed by atoms with Crippen LogP contribution < -0.4 is 4.74 Å². The van der Waals surface area contributed by atoms with E-state index in [1.807, 2.05) is 6.07 Å². The van der Waals surface area contributed by atoms with E-state index < -0.39 is 0 Å². The first-order chi connectivity index (χ1) is 6.36. The number of pyridine rings is 1. The van der Waals surface area contributed by atoms with E-state index in [1.54, 1.807) is 19.4 Å². The first-order valence-electron chi connectivity index (χ1n) is 3.96. The lowest BCUT2D eigenvalue weighted by Gasteiger charge is -1.95. The van der Waals surface area contributed by atoms with Crippen molar-refractivity contribution in [1.82, 2.24) is 4.98 Å². The average Bonchev–Trinajstić information content (AvgIpc) is 2.19. The minimum atomic E-state index is 0.0938. The zero-order valence-corrected chi connectivity index (χ0v) is 7.45. The minimum absolute atomic E-state index is 0.0938. The molecule has 3 nitrogen and oxygen atoms in total. The van der Waals surface area contributed by atoms with E-state index in [2.05, 4.69) is 16.8 Å². The number of hydrogen-bond donors (Lipinski definition) is 1. The smallest absolute Gasteiger partial charge is 0.212 e. The molecule has 0 bridgehead atoms. The van der Waals surface area contributed by atoms with E-state index in [0.717, 1.165) is 5.56 Å². The fourth-order valence-electron chi connectivity index (χ4n) is 0.795. The molecule has 0 aliphatic heterocycles. The number of aromatic nitrogens is 1. The summed E-state index contributed by atoms with van der Waals surface area (Å²) in [6, 6.07) is 3.58. The van der Waals surface area contributed by atoms with Gasteiger partial charge in [-0.1, -0.05) is 11.8 Å². The third-order valence-corrected chi connectivity index (χ3v) is 1.42. The second kappa shape index (κ2) is 5.18. The molecular formula is C10H11NO2. The van der Waals surface area contributed by atoms with Crippen LogP contribution in [0.15, 0.2) is 18.3 Å². The van der Waals surface area contributed by atoms with Crippen LogP contribution in [0.25, 0.3) is 0 Å². The van der Waals surface area contributed by atoms with Crippen molar-refractivity contribution in [2.24, 2.45) is 0 Å². The number of aliphatic hydroxyl groups is 1. The Morgan fingerprint density at radius 3 is 2.92 bits per heavy atom. The molecule has 13 heavy (non-hydrogen) atoms. The summed E-state index contributed by atoms with van der Waals surface area (Å²) in [5, 5.41) is 8.49. The Kier molecular flexibility index (Phi) is 3.80. The van der Waals surface area contributed by atoms with Gasteiger partial charge in [-0.15, -0.1) is 0 Å². The molecule has 0 atom stereocenters. The lowest BCUT2D eigenvalue weighted by Crippen LogP contribution is -1.86. The maximum atomic E-state index is 8.49. The predicted molar refractivity (Wildman–Crippen MR) is 49.4 cm³/mol. The van der Waals surface area contributed by atoms with Gasteiger partial charge in [0, 0.05) is 24.2 Å². The first kappa shape index (κ1) is 9.56. The molecule has 0 aromatic carbocycles. The molecule has 1 rings (SSSR count). The number of methoxy groups -OCH3 is 1. The topological polar surface area (TPSA) is 42.4 Å². The molecule has 0 saturated heterocycles. The van der Waals surface area contributed by atoms with Crippen molar-refractivity contribution >= 4 is 0 Å². The van der Waals surface area contributed by atoms with Gasteiger partial charge in [0.15, 0.2) is 0 Å². The summed E-state index contributed by atoms with van der Waals surface area (Å²) in [5.41, 5.74) is 0.828. The second-order valence-corrected chi connectivity index (χ2v) is 2.36. The molecule has 0 fully saturated rings. The Hall–Kier alpha value is -1.53. The van der Waals surface area contributed by atoms with Gasteiger partial charge in [0.25, 0.3) is 0 Å². The Balaban J connectivity index is 2.65. The van der Waals surface area contributed by atoms with Crippen LogP contribution in [0, 0.1) is 11.8 Å². The molecule has 3 heteroatoms. The predicted octanol–water partition coefficient (Wildman–Crippen LogP) is 0.824. The number of nitrogens with zero attached hydrogens (tertiary/aromatic N) is 1. The highest BCUT2D eigenvalue weighted by Crippen LogP contribution is 2.04. The zero-order chi connectivity index (χ0) is 9.52. The van der Waals surface area contributed by atoms with Crippen LogP contribution in [-0.2, 0) is 0 Å². The molecule has 1 heterocycles. The summed E-state index contributed by atoms with van der Waals surface area (Å²) in [6.45, 7) is 0.0938. The highest BCUT2D eigenvalue weighted by Gasteiger charge is 1.90. The lowest BCUT2D eigenvalue weighted by atomic mass is 10.3. The quantitative estimate of drug-likeness (QED) is 0.680. The van der Waals surface area contributed by atoms with E-state index in [4.69, 9.17) is 9.84 Å². The zero-order valence-electron chi connectivity index (χ0n) is 7.45. The van der Waals surface area contributed by atoms with Gasteiger partial charge < -0.3 is 9.84 Å². The minimum Gasteiger partial charge on any atom is -0.481 e. The lowest BCUT2D eigenvalue weighted by molar-refractivity contribution is 0.305. The summed E-state index contributed by atoms with van der Waals surface area (Å²) < 4.78 is 4.90. The van der Waals surface area contributed by atoms with Gasteiger partial charge in [-0.2, -0.15) is 0 Å². The molecule has 0 amide bonds. The standard InChI is InChI=1S/C10H11NO2/c1-13-10-6-5-9(8-11-10)4-2-3-7-12/h5-6,8,12H,3,7H2,1H3. The van der Waals surface area contributed by atoms with Crippen LogP contribution in [0.2, 0.25) is 0 Å². The Labute approximate surface area is 77.4 Å². The second-order valence-electron chi connectivity index (χ2n) is 2.36. The maximum absolute atomic E-state index is 8.49. The monoisotopic (exact) mass is 177 g/mol. The molecule has 0 aliphatic rings. The summed E-state index contributed by atoms with van der Waals surface area (Å²) in [7, 11) is 1.57. The van der Waals surface area contributed by atoms with Crippen molar-refractivity contribution in [1.29, 1.82) is 0 Å². The van der Waals surface area contributed by atoms with Gasteiger partial charge in [-0.05, 0) is 6.07 Å². The van der Waals surface area contributed by atoms with Crippen LogP contribution in [0.5, 0.6) is 5.88 Å². The molecule has 0 aliphatic carbocycles. The van der Waals surface area contributed by atoms with Crippen molar-refractivity contribution < 1.29 is 9.84 Å². The van der Waals surface area contributed by atoms with Gasteiger partial charge in [0.05, 0.1) is 13.7 Å². The van der Waals surface area contributed by atoms with Crippen LogP contribution in [0.1, 0.15) is 12.0 Å². The summed E-state index contributed by atoms with van der Waals surface area (Å²) >= 11 is 0. The molecule has 0 unspecified atom stereocenters. The van der Waals surface area contributed by atoms with Crippen molar-refractivity contribution in [3.05, 3.63) is 23.9 Å². The SMILES string of the molecule is COc1ccc(C#CCCO)cn1. The Bertz CT molecular complexity index is 308. The van der Waals surface area contributed by atoms with Crippen LogP contribution in [-0.4, -0.2) is 23.8 Å². The fraction of sp³-hybridized carbons (Fsp3) is 0.300. The maximum Gasteiger partial charge on any atom is 0.212 e. The van der Waals surface area contributed by atoms with Crippen molar-refractivity contribution in [3.8, 4) is 17.7 Å². The van der Waals surface area contributed by atoms with Crippen LogP contribution >= 0.6 is 0 Å². The van der Waals surface area contributed by atoms with Crippen molar-refractivity contribution in [2.45, 2.75) is 6.42 Å². The van der Waals surface area contributed by atoms with E-state index >= 15 is 0 Å². The van der Waals surface area contributed by atoms with Gasteiger partial charge in [-0.25, -0.2) is 4.98 Å². The van der Waals surface area contributed by atoms with Crippen LogP contribution in [0.4, 0.5) is 0 Å². The molecule has 1 aromatic rings. The summed E-state index contributed by atoms with van der Waals surface area (Å²) in [6.07, 6.45) is 2.13.